The molecule has 0 aliphatic carbocycles. The number of aryl methyl sites for hydroxylation is 1. The summed E-state index contributed by atoms with van der Waals surface area (Å²) in [6.07, 6.45) is -1.20. The lowest BCUT2D eigenvalue weighted by Crippen LogP contribution is -2.20. The van der Waals surface area contributed by atoms with Gasteiger partial charge in [0.2, 0.25) is 0 Å². The number of nitrogens with one attached hydrogen (secondary N) is 1. The number of carbonyl (C=O) groups is 1. The Kier molecular flexibility index (Phi) is 5.67. The second kappa shape index (κ2) is 8.00. The molecule has 1 aliphatic heterocycles. The average Bonchev–Trinajstić information content (AvgIpc) is 3.18. The molecule has 1 N–H and O–H groups in total. The van der Waals surface area contributed by atoms with Crippen molar-refractivity contribution in [2.75, 3.05) is 18.0 Å². The van der Waals surface area contributed by atoms with Gasteiger partial charge >= 0.3 is 6.18 Å². The minimum absolute atomic E-state index is 0.167. The molecule has 0 atom stereocenters. The third-order valence-electron chi connectivity index (χ3n) is 4.60. The quantitative estimate of drug-likeness (QED) is 0.472. The van der Waals surface area contributed by atoms with Crippen molar-refractivity contribution in [1.82, 2.24) is 5.43 Å². The van der Waals surface area contributed by atoms with E-state index >= 15 is 0 Å². The number of carbonyl (C=O) groups excluding carboxylic acids is 1. The van der Waals surface area contributed by atoms with Crippen LogP contribution in [-0.4, -0.2) is 25.2 Å². The van der Waals surface area contributed by atoms with Crippen LogP contribution in [0.3, 0.4) is 0 Å². The highest BCUT2D eigenvalue weighted by molar-refractivity contribution is 5.95. The fraction of sp³-hybridized carbons (Fsp3) is 0.300. The maximum atomic E-state index is 14.4. The van der Waals surface area contributed by atoms with Crippen LogP contribution in [0.25, 0.3) is 0 Å². The summed E-state index contributed by atoms with van der Waals surface area (Å²) >= 11 is 0. The maximum absolute atomic E-state index is 14.4. The molecule has 0 radical (unpaired) electrons. The van der Waals surface area contributed by atoms with Crippen LogP contribution in [0.15, 0.2) is 41.5 Å². The normalized spacial score (nSPS) is 14.7. The van der Waals surface area contributed by atoms with Gasteiger partial charge in [-0.2, -0.15) is 18.3 Å². The van der Waals surface area contributed by atoms with Crippen LogP contribution in [-0.2, 0) is 6.18 Å². The van der Waals surface area contributed by atoms with E-state index in [0.717, 1.165) is 49.7 Å². The van der Waals surface area contributed by atoms with E-state index in [1.54, 1.807) is 13.0 Å². The Labute approximate surface area is 159 Å². The molecule has 1 amide bonds. The first-order valence-corrected chi connectivity index (χ1v) is 8.81. The second-order valence-corrected chi connectivity index (χ2v) is 6.63. The number of nitrogens with zero attached hydrogens (tertiary/aromatic N) is 2. The summed E-state index contributed by atoms with van der Waals surface area (Å²) in [6, 6.07) is 7.11. The van der Waals surface area contributed by atoms with E-state index in [-0.39, 0.29) is 11.4 Å². The van der Waals surface area contributed by atoms with Crippen molar-refractivity contribution < 1.29 is 22.4 Å². The van der Waals surface area contributed by atoms with E-state index in [1.165, 1.54) is 18.3 Å². The highest BCUT2D eigenvalue weighted by Crippen LogP contribution is 2.29. The third kappa shape index (κ3) is 4.49. The monoisotopic (exact) mass is 393 g/mol. The number of anilines is 1. The van der Waals surface area contributed by atoms with E-state index in [4.69, 9.17) is 0 Å². The number of halogens is 4. The molecule has 8 heteroatoms. The molecule has 2 aromatic rings. The predicted molar refractivity (Wildman–Crippen MR) is 99.1 cm³/mol. The van der Waals surface area contributed by atoms with Crippen molar-refractivity contribution in [3.05, 3.63) is 64.5 Å². The summed E-state index contributed by atoms with van der Waals surface area (Å²) < 4.78 is 52.6. The van der Waals surface area contributed by atoms with E-state index in [1.807, 2.05) is 4.90 Å². The zero-order valence-corrected chi connectivity index (χ0v) is 15.2. The van der Waals surface area contributed by atoms with Crippen molar-refractivity contribution in [2.24, 2.45) is 5.10 Å². The van der Waals surface area contributed by atoms with Crippen molar-refractivity contribution in [3.8, 4) is 0 Å². The fourth-order valence-electron chi connectivity index (χ4n) is 3.08. The molecule has 0 aromatic heterocycles. The number of hydrogen-bond donors (Lipinski definition) is 1. The van der Waals surface area contributed by atoms with Gasteiger partial charge in [-0.25, -0.2) is 9.82 Å². The van der Waals surface area contributed by atoms with Gasteiger partial charge in [0.25, 0.3) is 5.91 Å². The van der Waals surface area contributed by atoms with Gasteiger partial charge in [0.05, 0.1) is 17.5 Å². The molecule has 2 aromatic carbocycles. The molecule has 0 spiro atoms. The van der Waals surface area contributed by atoms with E-state index in [9.17, 15) is 22.4 Å². The van der Waals surface area contributed by atoms with Gasteiger partial charge in [0.1, 0.15) is 5.82 Å². The Morgan fingerprint density at radius 2 is 1.89 bits per heavy atom. The largest absolute Gasteiger partial charge is 0.416 e. The van der Waals surface area contributed by atoms with Crippen molar-refractivity contribution in [1.29, 1.82) is 0 Å². The Morgan fingerprint density at radius 1 is 1.18 bits per heavy atom. The lowest BCUT2D eigenvalue weighted by Gasteiger charge is -2.19. The molecule has 0 saturated carbocycles. The van der Waals surface area contributed by atoms with Crippen LogP contribution in [0.4, 0.5) is 23.2 Å². The van der Waals surface area contributed by atoms with Crippen LogP contribution < -0.4 is 10.3 Å². The number of benzene rings is 2. The zero-order chi connectivity index (χ0) is 20.3. The molecule has 0 unspecified atom stereocenters. The highest BCUT2D eigenvalue weighted by Gasteiger charge is 2.30. The van der Waals surface area contributed by atoms with Crippen molar-refractivity contribution in [2.45, 2.75) is 25.9 Å². The molecule has 1 saturated heterocycles. The first-order valence-electron chi connectivity index (χ1n) is 8.81. The fourth-order valence-corrected chi connectivity index (χ4v) is 3.08. The summed E-state index contributed by atoms with van der Waals surface area (Å²) in [7, 11) is 0. The van der Waals surface area contributed by atoms with Crippen molar-refractivity contribution in [3.63, 3.8) is 0 Å². The Bertz CT molecular complexity index is 903. The van der Waals surface area contributed by atoms with Gasteiger partial charge in [-0.1, -0.05) is 6.07 Å². The molecular weight excluding hydrogens is 374 g/mol. The first-order chi connectivity index (χ1) is 13.3. The van der Waals surface area contributed by atoms with Crippen LogP contribution in [0.5, 0.6) is 0 Å². The lowest BCUT2D eigenvalue weighted by molar-refractivity contribution is -0.137. The summed E-state index contributed by atoms with van der Waals surface area (Å²) in [5, 5.41) is 3.75. The Morgan fingerprint density at radius 3 is 2.57 bits per heavy atom. The van der Waals surface area contributed by atoms with Gasteiger partial charge in [-0.3, -0.25) is 4.79 Å². The molecule has 148 valence electrons. The van der Waals surface area contributed by atoms with Crippen molar-refractivity contribution >= 4 is 17.8 Å². The molecule has 1 fully saturated rings. The summed E-state index contributed by atoms with van der Waals surface area (Å²) in [5.74, 6) is -1.16. The van der Waals surface area contributed by atoms with E-state index in [2.05, 4.69) is 10.5 Å². The smallest absolute Gasteiger partial charge is 0.369 e. The third-order valence-corrected chi connectivity index (χ3v) is 4.60. The SMILES string of the molecule is Cc1cc(N2CCCC2)c(F)cc1C=NNC(=O)c1cccc(C(F)(F)F)c1. The molecule has 28 heavy (non-hydrogen) atoms. The average molecular weight is 393 g/mol. The van der Waals surface area contributed by atoms with Crippen LogP contribution in [0.1, 0.15) is 39.9 Å². The van der Waals surface area contributed by atoms with Gasteiger partial charge in [0, 0.05) is 24.2 Å². The lowest BCUT2D eigenvalue weighted by atomic mass is 10.1. The summed E-state index contributed by atoms with van der Waals surface area (Å²) in [4.78, 5) is 14.0. The topological polar surface area (TPSA) is 44.7 Å². The Hall–Kier alpha value is -2.90. The maximum Gasteiger partial charge on any atom is 0.416 e. The van der Waals surface area contributed by atoms with Gasteiger partial charge in [0.15, 0.2) is 0 Å². The standard InChI is InChI=1S/C20H19F4N3O/c1-13-9-18(27-7-2-3-8-27)17(21)11-15(13)12-25-26-19(28)14-5-4-6-16(10-14)20(22,23)24/h4-6,9-12H,2-3,7-8H2,1H3,(H,26,28). The van der Waals surface area contributed by atoms with E-state index in [0.29, 0.717) is 11.3 Å². The highest BCUT2D eigenvalue weighted by atomic mass is 19.4. The molecule has 1 heterocycles. The van der Waals surface area contributed by atoms with Crippen LogP contribution >= 0.6 is 0 Å². The molecule has 4 nitrogen and oxygen atoms in total. The summed E-state index contributed by atoms with van der Waals surface area (Å²) in [5.41, 5.74) is 2.88. The minimum Gasteiger partial charge on any atom is -0.369 e. The van der Waals surface area contributed by atoms with Crippen LogP contribution in [0.2, 0.25) is 0 Å². The number of alkyl halides is 3. The minimum atomic E-state index is -4.54. The molecular formula is C20H19F4N3O. The van der Waals surface area contributed by atoms with Gasteiger partial charge in [-0.05, 0) is 55.7 Å². The van der Waals surface area contributed by atoms with Gasteiger partial charge in [-0.15, -0.1) is 0 Å². The van der Waals surface area contributed by atoms with Gasteiger partial charge < -0.3 is 4.90 Å². The number of amides is 1. The number of rotatable bonds is 4. The zero-order valence-electron chi connectivity index (χ0n) is 15.2. The number of hydrogen-bond acceptors (Lipinski definition) is 3. The predicted octanol–water partition coefficient (Wildman–Crippen LogP) is 4.52. The number of hydrazone groups is 1. The van der Waals surface area contributed by atoms with E-state index < -0.39 is 17.6 Å². The first kappa shape index (κ1) is 19.9. The Balaban J connectivity index is 1.71. The van der Waals surface area contributed by atoms with Crippen LogP contribution in [0, 0.1) is 12.7 Å². The molecule has 1 aliphatic rings. The summed E-state index contributed by atoms with van der Waals surface area (Å²) in [6.45, 7) is 3.43. The second-order valence-electron chi connectivity index (χ2n) is 6.63. The molecule has 0 bridgehead atoms. The molecule has 3 rings (SSSR count).